The zero-order chi connectivity index (χ0) is 22.3. The number of thioether (sulfide) groups is 1. The molecule has 1 amide bonds. The van der Waals surface area contributed by atoms with Crippen LogP contribution in [0.5, 0.6) is 0 Å². The summed E-state index contributed by atoms with van der Waals surface area (Å²) < 4.78 is 0. The van der Waals surface area contributed by atoms with Gasteiger partial charge in [0.2, 0.25) is 0 Å². The summed E-state index contributed by atoms with van der Waals surface area (Å²) in [5.41, 5.74) is 3.18. The highest BCUT2D eigenvalue weighted by molar-refractivity contribution is 7.99. The zero-order valence-corrected chi connectivity index (χ0v) is 19.2. The van der Waals surface area contributed by atoms with Crippen molar-refractivity contribution in [3.8, 4) is 0 Å². The van der Waals surface area contributed by atoms with Crippen LogP contribution < -0.4 is 10.6 Å². The number of anilines is 2. The molecule has 3 N–H and O–H groups in total. The van der Waals surface area contributed by atoms with E-state index in [0.29, 0.717) is 22.9 Å². The fraction of sp³-hybridized carbons (Fsp3) is 0.292. The van der Waals surface area contributed by atoms with Gasteiger partial charge in [0.25, 0.3) is 5.91 Å². The Hall–Kier alpha value is -2.84. The normalized spacial score (nSPS) is 13.0. The monoisotopic (exact) mass is 467 g/mol. The Kier molecular flexibility index (Phi) is 7.44. The summed E-state index contributed by atoms with van der Waals surface area (Å²) in [6.07, 6.45) is 3.93. The molecule has 3 aromatic rings. The minimum atomic E-state index is -0.947. The summed E-state index contributed by atoms with van der Waals surface area (Å²) in [5, 5.41) is 17.1. The molecule has 1 heterocycles. The van der Waals surface area contributed by atoms with Crippen LogP contribution in [0.25, 0.3) is 0 Å². The number of carboxylic acid groups (broad SMARTS) is 1. The fourth-order valence-corrected chi connectivity index (χ4v) is 5.07. The number of thiazole rings is 1. The molecule has 0 aliphatic heterocycles. The molecule has 1 aliphatic rings. The number of rotatable bonds is 11. The van der Waals surface area contributed by atoms with Gasteiger partial charge in [0.05, 0.1) is 12.1 Å². The highest BCUT2D eigenvalue weighted by Gasteiger charge is 2.20. The van der Waals surface area contributed by atoms with Gasteiger partial charge in [0, 0.05) is 28.1 Å². The molecule has 166 valence electrons. The van der Waals surface area contributed by atoms with Crippen LogP contribution in [0.15, 0.2) is 58.8 Å². The van der Waals surface area contributed by atoms with Gasteiger partial charge in [-0.3, -0.25) is 14.9 Å². The second kappa shape index (κ2) is 10.7. The number of hydrogen-bond donors (Lipinski definition) is 3. The van der Waals surface area contributed by atoms with Gasteiger partial charge in [0.15, 0.2) is 5.13 Å². The molecular formula is C24H25N3O3S2. The van der Waals surface area contributed by atoms with Crippen molar-refractivity contribution in [3.63, 3.8) is 0 Å². The number of nitrogens with one attached hydrogen (secondary N) is 2. The predicted molar refractivity (Wildman–Crippen MR) is 130 cm³/mol. The number of hydrogen-bond acceptors (Lipinski definition) is 6. The minimum absolute atomic E-state index is 0.157. The Labute approximate surface area is 195 Å². The number of benzene rings is 2. The van der Waals surface area contributed by atoms with Crippen molar-refractivity contribution in [2.75, 3.05) is 16.4 Å². The molecule has 0 unspecified atom stereocenters. The predicted octanol–water partition coefficient (Wildman–Crippen LogP) is 5.53. The first-order valence-electron chi connectivity index (χ1n) is 10.6. The number of amides is 1. The summed E-state index contributed by atoms with van der Waals surface area (Å²) >= 11 is 3.13. The number of nitrogens with zero attached hydrogens (tertiary/aromatic N) is 1. The van der Waals surface area contributed by atoms with Crippen molar-refractivity contribution < 1.29 is 14.7 Å². The first-order chi connectivity index (χ1) is 15.6. The Morgan fingerprint density at radius 1 is 1.12 bits per heavy atom. The van der Waals surface area contributed by atoms with Crippen LogP contribution in [0.3, 0.4) is 0 Å². The van der Waals surface area contributed by atoms with Crippen LogP contribution in [0.4, 0.5) is 10.8 Å². The summed E-state index contributed by atoms with van der Waals surface area (Å²) in [7, 11) is 0. The molecule has 8 heteroatoms. The summed E-state index contributed by atoms with van der Waals surface area (Å²) in [4.78, 5) is 28.6. The lowest BCUT2D eigenvalue weighted by Gasteiger charge is -2.12. The zero-order valence-electron chi connectivity index (χ0n) is 17.5. The smallest absolute Gasteiger partial charge is 0.309 e. The molecule has 6 nitrogen and oxygen atoms in total. The number of carboxylic acids is 1. The molecule has 1 aliphatic carbocycles. The van der Waals surface area contributed by atoms with Crippen LogP contribution in [0.2, 0.25) is 0 Å². The Bertz CT molecular complexity index is 1080. The maximum Gasteiger partial charge on any atom is 0.309 e. The van der Waals surface area contributed by atoms with Gasteiger partial charge in [-0.2, -0.15) is 0 Å². The highest BCUT2D eigenvalue weighted by Crippen LogP contribution is 2.36. The number of para-hydroxylation sites is 1. The third-order valence-electron chi connectivity index (χ3n) is 5.17. The number of aliphatic carboxylic acids is 1. The maximum absolute atomic E-state index is 12.5. The standard InChI is InChI=1S/C24H25N3O3S2/c28-22(29)13-19-15-32-24(26-19)27-23(30)18-9-7-17(8-10-18)14-25-20-3-1-2-4-21(20)31-12-11-16-5-6-16/h1-4,7-10,15-16,25H,5-6,11-14H2,(H,28,29)(H,26,27,30). The number of carbonyl (C=O) groups is 2. The second-order valence-corrected chi connectivity index (χ2v) is 9.79. The molecule has 1 saturated carbocycles. The van der Waals surface area contributed by atoms with Gasteiger partial charge in [-0.15, -0.1) is 23.1 Å². The van der Waals surface area contributed by atoms with Crippen LogP contribution in [0.1, 0.15) is 40.9 Å². The van der Waals surface area contributed by atoms with E-state index in [1.807, 2.05) is 30.0 Å². The molecule has 0 bridgehead atoms. The number of aromatic nitrogens is 1. The maximum atomic E-state index is 12.5. The average molecular weight is 468 g/mol. The van der Waals surface area contributed by atoms with Crippen LogP contribution in [0, 0.1) is 5.92 Å². The first kappa shape index (κ1) is 22.4. The van der Waals surface area contributed by atoms with E-state index < -0.39 is 5.97 Å². The summed E-state index contributed by atoms with van der Waals surface area (Å²) in [5.74, 6) is 0.889. The third kappa shape index (κ3) is 6.58. The molecule has 0 atom stereocenters. The third-order valence-corrected chi connectivity index (χ3v) is 7.08. The molecule has 1 aromatic heterocycles. The average Bonchev–Trinajstić information content (AvgIpc) is 3.51. The molecule has 4 rings (SSSR count). The van der Waals surface area contributed by atoms with Gasteiger partial charge in [-0.1, -0.05) is 37.1 Å². The SMILES string of the molecule is O=C(O)Cc1csc(NC(=O)c2ccc(CNc3ccccc3SCCC3CC3)cc2)n1. The largest absolute Gasteiger partial charge is 0.481 e. The Morgan fingerprint density at radius 3 is 2.66 bits per heavy atom. The van der Waals surface area contributed by atoms with Crippen LogP contribution in [-0.4, -0.2) is 27.7 Å². The van der Waals surface area contributed by atoms with Gasteiger partial charge >= 0.3 is 5.97 Å². The second-order valence-electron chi connectivity index (χ2n) is 7.80. The van der Waals surface area contributed by atoms with Gasteiger partial charge < -0.3 is 10.4 Å². The van der Waals surface area contributed by atoms with Gasteiger partial charge in [0.1, 0.15) is 0 Å². The molecule has 1 fully saturated rings. The molecule has 0 saturated heterocycles. The van der Waals surface area contributed by atoms with E-state index >= 15 is 0 Å². The topological polar surface area (TPSA) is 91.3 Å². The van der Waals surface area contributed by atoms with Crippen molar-refractivity contribution in [3.05, 3.63) is 70.7 Å². The van der Waals surface area contributed by atoms with Gasteiger partial charge in [-0.05, 0) is 47.9 Å². The van der Waals surface area contributed by atoms with E-state index in [2.05, 4.69) is 33.8 Å². The fourth-order valence-electron chi connectivity index (χ4n) is 3.22. The highest BCUT2D eigenvalue weighted by atomic mass is 32.2. The molecule has 0 radical (unpaired) electrons. The molecule has 2 aromatic carbocycles. The molecular weight excluding hydrogens is 442 g/mol. The summed E-state index contributed by atoms with van der Waals surface area (Å²) in [6, 6.07) is 15.8. The first-order valence-corrected chi connectivity index (χ1v) is 12.5. The van der Waals surface area contributed by atoms with E-state index in [0.717, 1.165) is 22.9 Å². The van der Waals surface area contributed by atoms with E-state index in [1.54, 1.807) is 17.5 Å². The lowest BCUT2D eigenvalue weighted by atomic mass is 10.1. The Morgan fingerprint density at radius 2 is 1.91 bits per heavy atom. The lowest BCUT2D eigenvalue weighted by molar-refractivity contribution is -0.136. The lowest BCUT2D eigenvalue weighted by Crippen LogP contribution is -2.12. The van der Waals surface area contributed by atoms with Crippen molar-refractivity contribution in [2.24, 2.45) is 5.92 Å². The Balaban J connectivity index is 1.29. The molecule has 32 heavy (non-hydrogen) atoms. The van der Waals surface area contributed by atoms with Crippen molar-refractivity contribution in [1.82, 2.24) is 4.98 Å². The van der Waals surface area contributed by atoms with Crippen molar-refractivity contribution >= 4 is 45.8 Å². The minimum Gasteiger partial charge on any atom is -0.481 e. The van der Waals surface area contributed by atoms with Crippen molar-refractivity contribution in [2.45, 2.75) is 37.1 Å². The van der Waals surface area contributed by atoms with Crippen LogP contribution >= 0.6 is 23.1 Å². The summed E-state index contributed by atoms with van der Waals surface area (Å²) in [6.45, 7) is 0.674. The van der Waals surface area contributed by atoms with E-state index in [9.17, 15) is 9.59 Å². The van der Waals surface area contributed by atoms with E-state index in [-0.39, 0.29) is 12.3 Å². The van der Waals surface area contributed by atoms with Gasteiger partial charge in [-0.25, -0.2) is 4.98 Å². The van der Waals surface area contributed by atoms with E-state index in [4.69, 9.17) is 5.11 Å². The number of carbonyl (C=O) groups excluding carboxylic acids is 1. The molecule has 0 spiro atoms. The quantitative estimate of drug-likeness (QED) is 0.321. The van der Waals surface area contributed by atoms with Crippen molar-refractivity contribution in [1.29, 1.82) is 0 Å². The van der Waals surface area contributed by atoms with E-state index in [1.165, 1.54) is 35.5 Å². The van der Waals surface area contributed by atoms with Crippen LogP contribution in [-0.2, 0) is 17.8 Å².